The third-order valence-corrected chi connectivity index (χ3v) is 2.52. The van der Waals surface area contributed by atoms with Gasteiger partial charge in [0.15, 0.2) is 0 Å². The number of carbonyl (C=O) groups excluding carboxylic acids is 1. The number of urea groups is 1. The Kier molecular flexibility index (Phi) is 3.54. The highest BCUT2D eigenvalue weighted by Gasteiger charge is 2.30. The summed E-state index contributed by atoms with van der Waals surface area (Å²) in [5, 5.41) is 0. The summed E-state index contributed by atoms with van der Waals surface area (Å²) < 4.78 is 0. The van der Waals surface area contributed by atoms with E-state index in [4.69, 9.17) is 0 Å². The highest BCUT2D eigenvalue weighted by Crippen LogP contribution is 2.23. The van der Waals surface area contributed by atoms with Gasteiger partial charge >= 0.3 is 6.03 Å². The lowest BCUT2D eigenvalue weighted by Crippen LogP contribution is -2.44. The molecule has 13 heavy (non-hydrogen) atoms. The quantitative estimate of drug-likeness (QED) is 0.662. The topological polar surface area (TPSA) is 41.6 Å². The minimum Gasteiger partial charge on any atom is -0.320 e. The summed E-state index contributed by atoms with van der Waals surface area (Å²) in [7, 11) is 1.46. The minimum absolute atomic E-state index is 0.112. The predicted octanol–water partition coefficient (Wildman–Crippen LogP) is 1.38. The largest absolute Gasteiger partial charge is 0.341 e. The van der Waals surface area contributed by atoms with Crippen LogP contribution >= 0.6 is 0 Å². The average molecular weight is 186 g/mol. The Labute approximate surface area is 79.2 Å². The van der Waals surface area contributed by atoms with Gasteiger partial charge in [-0.15, -0.1) is 0 Å². The Morgan fingerprint density at radius 2 is 2.31 bits per heavy atom. The average Bonchev–Trinajstić information content (AvgIpc) is 2.52. The Bertz CT molecular complexity index is 182. The van der Waals surface area contributed by atoms with Gasteiger partial charge in [-0.1, -0.05) is 13.8 Å². The molecule has 1 saturated heterocycles. The molecule has 0 aliphatic carbocycles. The summed E-state index contributed by atoms with van der Waals surface area (Å²) in [5.41, 5.74) is 2.36. The molecular formula is C9H18N2O2. The zero-order valence-electron chi connectivity index (χ0n) is 8.54. The van der Waals surface area contributed by atoms with E-state index in [1.165, 1.54) is 7.11 Å². The van der Waals surface area contributed by atoms with E-state index in [1.807, 2.05) is 4.90 Å². The van der Waals surface area contributed by atoms with Gasteiger partial charge in [0.25, 0.3) is 0 Å². The molecule has 0 radical (unpaired) electrons. The predicted molar refractivity (Wildman–Crippen MR) is 50.1 cm³/mol. The number of hydrogen-bond acceptors (Lipinski definition) is 2. The zero-order valence-corrected chi connectivity index (χ0v) is 8.54. The summed E-state index contributed by atoms with van der Waals surface area (Å²) in [4.78, 5) is 17.9. The molecule has 1 fully saturated rings. The van der Waals surface area contributed by atoms with Gasteiger partial charge < -0.3 is 4.90 Å². The first kappa shape index (κ1) is 10.3. The van der Waals surface area contributed by atoms with Crippen molar-refractivity contribution >= 4 is 6.03 Å². The third kappa shape index (κ3) is 2.34. The Morgan fingerprint density at radius 3 is 2.85 bits per heavy atom. The molecule has 0 saturated carbocycles. The number of rotatable bonds is 2. The van der Waals surface area contributed by atoms with Crippen LogP contribution in [0.3, 0.4) is 0 Å². The molecule has 2 amide bonds. The van der Waals surface area contributed by atoms with E-state index < -0.39 is 0 Å². The first-order chi connectivity index (χ1) is 6.16. The highest BCUT2D eigenvalue weighted by atomic mass is 16.6. The second-order valence-electron chi connectivity index (χ2n) is 3.76. The van der Waals surface area contributed by atoms with Crippen LogP contribution in [0.25, 0.3) is 0 Å². The van der Waals surface area contributed by atoms with Gasteiger partial charge in [0, 0.05) is 12.6 Å². The fourth-order valence-corrected chi connectivity index (χ4v) is 1.88. The fraction of sp³-hybridized carbons (Fsp3) is 0.889. The molecule has 76 valence electrons. The highest BCUT2D eigenvalue weighted by molar-refractivity contribution is 5.73. The van der Waals surface area contributed by atoms with Crippen LogP contribution in [0.5, 0.6) is 0 Å². The van der Waals surface area contributed by atoms with E-state index in [0.29, 0.717) is 12.0 Å². The van der Waals surface area contributed by atoms with E-state index in [1.54, 1.807) is 0 Å². The van der Waals surface area contributed by atoms with Gasteiger partial charge in [0.05, 0.1) is 7.11 Å². The van der Waals surface area contributed by atoms with Crippen LogP contribution in [0, 0.1) is 5.92 Å². The third-order valence-electron chi connectivity index (χ3n) is 2.52. The molecule has 1 N–H and O–H groups in total. The maximum atomic E-state index is 11.5. The Morgan fingerprint density at radius 1 is 1.62 bits per heavy atom. The molecule has 0 aromatic carbocycles. The van der Waals surface area contributed by atoms with Crippen molar-refractivity contribution in [3.8, 4) is 0 Å². The lowest BCUT2D eigenvalue weighted by atomic mass is 10.0. The lowest BCUT2D eigenvalue weighted by molar-refractivity contribution is 0.0805. The molecule has 4 nitrogen and oxygen atoms in total. The van der Waals surface area contributed by atoms with Crippen LogP contribution < -0.4 is 5.48 Å². The van der Waals surface area contributed by atoms with Crippen LogP contribution in [0.15, 0.2) is 0 Å². The molecule has 0 aromatic rings. The van der Waals surface area contributed by atoms with E-state index >= 15 is 0 Å². The molecule has 1 unspecified atom stereocenters. The van der Waals surface area contributed by atoms with E-state index in [0.717, 1.165) is 19.4 Å². The molecule has 0 spiro atoms. The number of amides is 2. The first-order valence-electron chi connectivity index (χ1n) is 4.76. The van der Waals surface area contributed by atoms with Crippen molar-refractivity contribution in [2.75, 3.05) is 13.7 Å². The van der Waals surface area contributed by atoms with Crippen molar-refractivity contribution in [3.63, 3.8) is 0 Å². The van der Waals surface area contributed by atoms with E-state index in [9.17, 15) is 4.79 Å². The molecule has 1 aliphatic heterocycles. The van der Waals surface area contributed by atoms with Crippen molar-refractivity contribution in [1.29, 1.82) is 0 Å². The van der Waals surface area contributed by atoms with Gasteiger partial charge in [-0.3, -0.25) is 4.84 Å². The van der Waals surface area contributed by atoms with E-state index in [-0.39, 0.29) is 6.03 Å². The smallest absolute Gasteiger partial charge is 0.320 e. The molecule has 1 rings (SSSR count). The molecule has 0 aromatic heterocycles. The van der Waals surface area contributed by atoms with Crippen molar-refractivity contribution in [1.82, 2.24) is 10.4 Å². The maximum Gasteiger partial charge on any atom is 0.341 e. The second-order valence-corrected chi connectivity index (χ2v) is 3.76. The monoisotopic (exact) mass is 186 g/mol. The molecule has 1 atom stereocenters. The summed E-state index contributed by atoms with van der Waals surface area (Å²) in [6, 6.07) is 0.258. The van der Waals surface area contributed by atoms with Crippen LogP contribution in [-0.4, -0.2) is 30.6 Å². The van der Waals surface area contributed by atoms with Crippen molar-refractivity contribution in [3.05, 3.63) is 0 Å². The van der Waals surface area contributed by atoms with Crippen LogP contribution in [0.4, 0.5) is 4.79 Å². The Hall–Kier alpha value is -0.770. The molecule has 1 aliphatic rings. The Balaban J connectivity index is 2.52. The normalized spacial score (nSPS) is 22.5. The standard InChI is InChI=1S/C9H18N2O2/c1-7(2)8-5-4-6-11(8)9(12)10-13-3/h7-8H,4-6H2,1-3H3,(H,10,12). The number of nitrogens with one attached hydrogen (secondary N) is 1. The fourth-order valence-electron chi connectivity index (χ4n) is 1.88. The van der Waals surface area contributed by atoms with E-state index in [2.05, 4.69) is 24.2 Å². The van der Waals surface area contributed by atoms with Gasteiger partial charge in [0.1, 0.15) is 0 Å². The SMILES string of the molecule is CONC(=O)N1CCCC1C(C)C. The number of carbonyl (C=O) groups is 1. The van der Waals surface area contributed by atoms with Gasteiger partial charge in [0.2, 0.25) is 0 Å². The van der Waals surface area contributed by atoms with Crippen LogP contribution in [0.2, 0.25) is 0 Å². The summed E-state index contributed by atoms with van der Waals surface area (Å²) in [6.07, 6.45) is 2.20. The maximum absolute atomic E-state index is 11.5. The summed E-state index contributed by atoms with van der Waals surface area (Å²) in [6.45, 7) is 5.13. The van der Waals surface area contributed by atoms with Crippen molar-refractivity contribution in [2.24, 2.45) is 5.92 Å². The van der Waals surface area contributed by atoms with Gasteiger partial charge in [-0.25, -0.2) is 10.3 Å². The van der Waals surface area contributed by atoms with Gasteiger partial charge in [-0.2, -0.15) is 0 Å². The number of hydroxylamine groups is 1. The van der Waals surface area contributed by atoms with Crippen LogP contribution in [-0.2, 0) is 4.84 Å². The molecule has 0 bridgehead atoms. The summed E-state index contributed by atoms with van der Waals surface area (Å²) in [5.74, 6) is 0.519. The number of likely N-dealkylation sites (tertiary alicyclic amines) is 1. The lowest BCUT2D eigenvalue weighted by Gasteiger charge is -2.27. The first-order valence-corrected chi connectivity index (χ1v) is 4.76. The minimum atomic E-state index is -0.112. The number of hydrogen-bond donors (Lipinski definition) is 1. The molecule has 4 heteroatoms. The van der Waals surface area contributed by atoms with Crippen LogP contribution in [0.1, 0.15) is 26.7 Å². The van der Waals surface area contributed by atoms with Crippen molar-refractivity contribution in [2.45, 2.75) is 32.7 Å². The zero-order chi connectivity index (χ0) is 9.84. The molecule has 1 heterocycles. The molecular weight excluding hydrogens is 168 g/mol. The van der Waals surface area contributed by atoms with Crippen molar-refractivity contribution < 1.29 is 9.63 Å². The summed E-state index contributed by atoms with van der Waals surface area (Å²) >= 11 is 0. The second kappa shape index (κ2) is 4.46. The van der Waals surface area contributed by atoms with Gasteiger partial charge in [-0.05, 0) is 18.8 Å². The number of nitrogens with zero attached hydrogens (tertiary/aromatic N) is 1.